The third kappa shape index (κ3) is 0.865. The maximum absolute atomic E-state index is 5.76. The van der Waals surface area contributed by atoms with Gasteiger partial charge in [0, 0.05) is 5.92 Å². The van der Waals surface area contributed by atoms with Crippen LogP contribution in [0.15, 0.2) is 0 Å². The van der Waals surface area contributed by atoms with Gasteiger partial charge in [-0.15, -0.1) is 12.4 Å². The first-order chi connectivity index (χ1) is 4.90. The van der Waals surface area contributed by atoms with E-state index in [0.717, 1.165) is 18.4 Å². The SMILES string of the molecule is Cl.NCC1CC2OC1C1CC21. The molecule has 11 heavy (non-hydrogen) atoms. The highest BCUT2D eigenvalue weighted by Gasteiger charge is 2.62. The number of fused-ring (bicyclic) bond motifs is 5. The van der Waals surface area contributed by atoms with Crippen molar-refractivity contribution >= 4 is 12.4 Å². The molecule has 1 saturated carbocycles. The Labute approximate surface area is 72.9 Å². The first-order valence-corrected chi connectivity index (χ1v) is 4.25. The fourth-order valence-corrected chi connectivity index (χ4v) is 2.80. The van der Waals surface area contributed by atoms with Crippen LogP contribution in [-0.2, 0) is 4.74 Å². The second-order valence-electron chi connectivity index (χ2n) is 3.93. The smallest absolute Gasteiger partial charge is 0.0652 e. The molecule has 0 aromatic carbocycles. The van der Waals surface area contributed by atoms with E-state index < -0.39 is 0 Å². The first-order valence-electron chi connectivity index (χ1n) is 4.25. The molecule has 2 saturated heterocycles. The van der Waals surface area contributed by atoms with Crippen molar-refractivity contribution in [2.24, 2.45) is 23.5 Å². The molecule has 3 rings (SSSR count). The number of ether oxygens (including phenoxy) is 1. The monoisotopic (exact) mass is 175 g/mol. The van der Waals surface area contributed by atoms with Gasteiger partial charge in [-0.05, 0) is 31.2 Å². The van der Waals surface area contributed by atoms with Gasteiger partial charge in [-0.25, -0.2) is 0 Å². The zero-order valence-electron chi connectivity index (χ0n) is 6.40. The molecule has 64 valence electrons. The zero-order valence-corrected chi connectivity index (χ0v) is 7.22. The van der Waals surface area contributed by atoms with Crippen molar-refractivity contribution in [3.05, 3.63) is 0 Å². The van der Waals surface area contributed by atoms with E-state index in [0.29, 0.717) is 18.1 Å². The van der Waals surface area contributed by atoms with E-state index in [1.54, 1.807) is 0 Å². The van der Waals surface area contributed by atoms with Gasteiger partial charge in [0.25, 0.3) is 0 Å². The lowest BCUT2D eigenvalue weighted by atomic mass is 9.89. The Morgan fingerprint density at radius 2 is 2.09 bits per heavy atom. The van der Waals surface area contributed by atoms with Gasteiger partial charge in [-0.3, -0.25) is 0 Å². The van der Waals surface area contributed by atoms with Gasteiger partial charge in [0.1, 0.15) is 0 Å². The van der Waals surface area contributed by atoms with E-state index in [9.17, 15) is 0 Å². The highest BCUT2D eigenvalue weighted by atomic mass is 35.5. The molecule has 0 spiro atoms. The van der Waals surface area contributed by atoms with Gasteiger partial charge >= 0.3 is 0 Å². The van der Waals surface area contributed by atoms with Crippen LogP contribution in [0, 0.1) is 17.8 Å². The van der Waals surface area contributed by atoms with E-state index >= 15 is 0 Å². The van der Waals surface area contributed by atoms with E-state index in [-0.39, 0.29) is 12.4 Å². The van der Waals surface area contributed by atoms with Crippen LogP contribution in [0.2, 0.25) is 0 Å². The summed E-state index contributed by atoms with van der Waals surface area (Å²) in [5.41, 5.74) is 5.62. The summed E-state index contributed by atoms with van der Waals surface area (Å²) in [6.07, 6.45) is 3.87. The minimum absolute atomic E-state index is 0. The molecule has 0 aromatic rings. The van der Waals surface area contributed by atoms with Crippen molar-refractivity contribution in [1.29, 1.82) is 0 Å². The van der Waals surface area contributed by atoms with Crippen LogP contribution in [0.25, 0.3) is 0 Å². The van der Waals surface area contributed by atoms with Crippen LogP contribution >= 0.6 is 12.4 Å². The maximum atomic E-state index is 5.76. The molecule has 3 fully saturated rings. The molecule has 2 N–H and O–H groups in total. The number of nitrogens with two attached hydrogens (primary N) is 1. The Bertz CT molecular complexity index is 175. The molecule has 2 heterocycles. The summed E-state index contributed by atoms with van der Waals surface area (Å²) in [5.74, 6) is 2.58. The Kier molecular flexibility index (Phi) is 1.67. The molecular formula is C8H14ClNO. The summed E-state index contributed by atoms with van der Waals surface area (Å²) in [7, 11) is 0. The minimum atomic E-state index is 0. The fraction of sp³-hybridized carbons (Fsp3) is 1.00. The molecule has 0 aromatic heterocycles. The van der Waals surface area contributed by atoms with Crippen LogP contribution < -0.4 is 5.73 Å². The second kappa shape index (κ2) is 2.35. The van der Waals surface area contributed by atoms with Crippen LogP contribution in [-0.4, -0.2) is 18.8 Å². The lowest BCUT2D eigenvalue weighted by molar-refractivity contribution is 0.0621. The van der Waals surface area contributed by atoms with E-state index in [1.807, 2.05) is 0 Å². The average Bonchev–Trinajstić information content (AvgIpc) is 2.58. The van der Waals surface area contributed by atoms with Gasteiger partial charge in [0.05, 0.1) is 12.2 Å². The molecule has 0 radical (unpaired) electrons. The van der Waals surface area contributed by atoms with Gasteiger partial charge in [-0.2, -0.15) is 0 Å². The summed E-state index contributed by atoms with van der Waals surface area (Å²) in [5, 5.41) is 0. The third-order valence-electron chi connectivity index (χ3n) is 3.43. The maximum Gasteiger partial charge on any atom is 0.0652 e. The van der Waals surface area contributed by atoms with Crippen molar-refractivity contribution in [3.8, 4) is 0 Å². The standard InChI is InChI=1S/C8H13NO.ClH/c9-3-4-1-7-5-2-6(5)8(4)10-7;/h4-8H,1-3,9H2;1H. The summed E-state index contributed by atoms with van der Waals surface area (Å²) in [4.78, 5) is 0. The van der Waals surface area contributed by atoms with Crippen molar-refractivity contribution in [3.63, 3.8) is 0 Å². The predicted octanol–water partition coefficient (Wildman–Crippen LogP) is 0.790. The normalized spacial score (nSPS) is 57.0. The molecule has 3 aliphatic rings. The first kappa shape index (κ1) is 7.84. The summed E-state index contributed by atoms with van der Waals surface area (Å²) < 4.78 is 5.76. The Hall–Kier alpha value is 0.210. The van der Waals surface area contributed by atoms with E-state index in [2.05, 4.69) is 0 Å². The second-order valence-corrected chi connectivity index (χ2v) is 3.93. The van der Waals surface area contributed by atoms with Gasteiger partial charge in [0.2, 0.25) is 0 Å². The van der Waals surface area contributed by atoms with E-state index in [4.69, 9.17) is 10.5 Å². The summed E-state index contributed by atoms with van der Waals surface area (Å²) in [6, 6.07) is 0. The van der Waals surface area contributed by atoms with E-state index in [1.165, 1.54) is 12.8 Å². The van der Waals surface area contributed by atoms with Crippen molar-refractivity contribution in [2.45, 2.75) is 25.0 Å². The molecular weight excluding hydrogens is 162 g/mol. The molecule has 5 atom stereocenters. The van der Waals surface area contributed by atoms with Crippen molar-refractivity contribution < 1.29 is 4.74 Å². The Morgan fingerprint density at radius 3 is 2.64 bits per heavy atom. The van der Waals surface area contributed by atoms with Gasteiger partial charge in [-0.1, -0.05) is 0 Å². The quantitative estimate of drug-likeness (QED) is 0.640. The fourth-order valence-electron chi connectivity index (χ4n) is 2.80. The lowest BCUT2D eigenvalue weighted by Gasteiger charge is -2.15. The predicted molar refractivity (Wildman–Crippen MR) is 44.7 cm³/mol. The Morgan fingerprint density at radius 1 is 1.27 bits per heavy atom. The molecule has 2 bridgehead atoms. The highest BCUT2D eigenvalue weighted by Crippen LogP contribution is 2.60. The molecule has 3 heteroatoms. The van der Waals surface area contributed by atoms with Gasteiger partial charge < -0.3 is 10.5 Å². The summed E-state index contributed by atoms with van der Waals surface area (Å²) >= 11 is 0. The molecule has 5 unspecified atom stereocenters. The number of hydrogen-bond acceptors (Lipinski definition) is 2. The lowest BCUT2D eigenvalue weighted by Crippen LogP contribution is -2.26. The topological polar surface area (TPSA) is 35.2 Å². The van der Waals surface area contributed by atoms with Gasteiger partial charge in [0.15, 0.2) is 0 Å². The third-order valence-corrected chi connectivity index (χ3v) is 3.43. The Balaban J connectivity index is 0.000000480. The van der Waals surface area contributed by atoms with Crippen molar-refractivity contribution in [1.82, 2.24) is 0 Å². The van der Waals surface area contributed by atoms with Crippen molar-refractivity contribution in [2.75, 3.05) is 6.54 Å². The average molecular weight is 176 g/mol. The molecule has 1 aliphatic carbocycles. The largest absolute Gasteiger partial charge is 0.374 e. The molecule has 0 amide bonds. The molecule has 2 nitrogen and oxygen atoms in total. The highest BCUT2D eigenvalue weighted by molar-refractivity contribution is 5.85. The van der Waals surface area contributed by atoms with Crippen LogP contribution in [0.3, 0.4) is 0 Å². The zero-order chi connectivity index (χ0) is 6.72. The number of hydrogen-bond donors (Lipinski definition) is 1. The van der Waals surface area contributed by atoms with Crippen LogP contribution in [0.1, 0.15) is 12.8 Å². The number of rotatable bonds is 1. The van der Waals surface area contributed by atoms with Crippen LogP contribution in [0.4, 0.5) is 0 Å². The molecule has 2 aliphatic heterocycles. The number of halogens is 1. The summed E-state index contributed by atoms with van der Waals surface area (Å²) in [6.45, 7) is 0.838. The minimum Gasteiger partial charge on any atom is -0.374 e. The van der Waals surface area contributed by atoms with Crippen LogP contribution in [0.5, 0.6) is 0 Å².